The van der Waals surface area contributed by atoms with Gasteiger partial charge < -0.3 is 5.32 Å². The average molecular weight is 384 g/mol. The Bertz CT molecular complexity index is 788. The first-order valence-electron chi connectivity index (χ1n) is 7.35. The van der Waals surface area contributed by atoms with Gasteiger partial charge in [-0.2, -0.15) is 0 Å². The highest BCUT2D eigenvalue weighted by Gasteiger charge is 2.11. The lowest BCUT2D eigenvalue weighted by atomic mass is 10.2. The van der Waals surface area contributed by atoms with Crippen LogP contribution in [0.2, 0.25) is 5.02 Å². The third-order valence-electron chi connectivity index (χ3n) is 3.29. The summed E-state index contributed by atoms with van der Waals surface area (Å²) in [6.07, 6.45) is 0. The van der Waals surface area contributed by atoms with Gasteiger partial charge in [-0.15, -0.1) is 11.8 Å². The third kappa shape index (κ3) is 5.54. The predicted octanol–water partition coefficient (Wildman–Crippen LogP) is 4.01. The molecule has 0 bridgehead atoms. The lowest BCUT2D eigenvalue weighted by Crippen LogP contribution is -2.14. The molecule has 0 fully saturated rings. The quantitative estimate of drug-likeness (QED) is 0.784. The maximum atomic E-state index is 11.9. The van der Waals surface area contributed by atoms with Crippen molar-refractivity contribution >= 4 is 44.8 Å². The zero-order chi connectivity index (χ0) is 17.6. The molecule has 0 atom stereocenters. The van der Waals surface area contributed by atoms with Gasteiger partial charge in [-0.1, -0.05) is 30.7 Å². The molecule has 0 spiro atoms. The standard InChI is InChI=1S/C17H18ClNO3S2/c1-2-24(21,22)16-9-7-15(8-10-16)19-17(20)12-23-11-13-3-5-14(18)6-4-13/h3-10H,2,11-12H2,1H3,(H,19,20). The molecule has 0 saturated carbocycles. The molecule has 4 nitrogen and oxygen atoms in total. The van der Waals surface area contributed by atoms with Crippen LogP contribution in [0.5, 0.6) is 0 Å². The van der Waals surface area contributed by atoms with Gasteiger partial charge >= 0.3 is 0 Å². The minimum Gasteiger partial charge on any atom is -0.325 e. The Morgan fingerprint density at radius 3 is 2.29 bits per heavy atom. The zero-order valence-corrected chi connectivity index (χ0v) is 15.5. The van der Waals surface area contributed by atoms with E-state index in [1.54, 1.807) is 19.1 Å². The first kappa shape index (κ1) is 18.8. The van der Waals surface area contributed by atoms with Crippen LogP contribution in [-0.4, -0.2) is 25.8 Å². The first-order chi connectivity index (χ1) is 11.4. The Hall–Kier alpha value is -1.50. The van der Waals surface area contributed by atoms with E-state index in [0.29, 0.717) is 16.5 Å². The number of hydrogen-bond acceptors (Lipinski definition) is 4. The van der Waals surface area contributed by atoms with E-state index in [1.165, 1.54) is 23.9 Å². The second kappa shape index (κ2) is 8.55. The van der Waals surface area contributed by atoms with Gasteiger partial charge in [0.2, 0.25) is 5.91 Å². The summed E-state index contributed by atoms with van der Waals surface area (Å²) < 4.78 is 23.5. The molecule has 0 radical (unpaired) electrons. The number of carbonyl (C=O) groups is 1. The summed E-state index contributed by atoms with van der Waals surface area (Å²) in [5, 5.41) is 3.45. The molecule has 0 aliphatic rings. The molecule has 1 amide bonds. The van der Waals surface area contributed by atoms with Crippen LogP contribution in [0, 0.1) is 0 Å². The molecule has 2 aromatic carbocycles. The van der Waals surface area contributed by atoms with E-state index in [-0.39, 0.29) is 16.6 Å². The van der Waals surface area contributed by atoms with Crippen molar-refractivity contribution in [1.29, 1.82) is 0 Å². The normalized spacial score (nSPS) is 11.2. The van der Waals surface area contributed by atoms with Crippen molar-refractivity contribution in [2.24, 2.45) is 0 Å². The van der Waals surface area contributed by atoms with Crippen LogP contribution in [0.3, 0.4) is 0 Å². The minimum absolute atomic E-state index is 0.0556. The van der Waals surface area contributed by atoms with Gasteiger partial charge in [-0.25, -0.2) is 8.42 Å². The summed E-state index contributed by atoms with van der Waals surface area (Å²) in [5.74, 6) is 0.968. The number of anilines is 1. The van der Waals surface area contributed by atoms with Gasteiger partial charge in [-0.3, -0.25) is 4.79 Å². The molecule has 0 unspecified atom stereocenters. The van der Waals surface area contributed by atoms with Crippen molar-refractivity contribution in [3.63, 3.8) is 0 Å². The molecule has 1 N–H and O–H groups in total. The number of halogens is 1. The van der Waals surface area contributed by atoms with Crippen molar-refractivity contribution in [3.8, 4) is 0 Å². The number of rotatable bonds is 7. The van der Waals surface area contributed by atoms with E-state index in [0.717, 1.165) is 11.3 Å². The summed E-state index contributed by atoms with van der Waals surface area (Å²) in [6, 6.07) is 13.7. The van der Waals surface area contributed by atoms with Gasteiger partial charge in [0.05, 0.1) is 16.4 Å². The van der Waals surface area contributed by atoms with Crippen LogP contribution in [0.4, 0.5) is 5.69 Å². The molecule has 2 rings (SSSR count). The van der Waals surface area contributed by atoms with Crippen LogP contribution in [-0.2, 0) is 20.4 Å². The molecule has 2 aromatic rings. The molecule has 0 aliphatic carbocycles. The average Bonchev–Trinajstić information content (AvgIpc) is 2.57. The van der Waals surface area contributed by atoms with Crippen LogP contribution in [0.1, 0.15) is 12.5 Å². The molecule has 0 saturated heterocycles. The lowest BCUT2D eigenvalue weighted by molar-refractivity contribution is -0.113. The number of carbonyl (C=O) groups excluding carboxylic acids is 1. The van der Waals surface area contributed by atoms with Crippen molar-refractivity contribution in [2.75, 3.05) is 16.8 Å². The van der Waals surface area contributed by atoms with E-state index < -0.39 is 9.84 Å². The fourth-order valence-electron chi connectivity index (χ4n) is 1.95. The first-order valence-corrected chi connectivity index (χ1v) is 10.5. The minimum atomic E-state index is -3.22. The smallest absolute Gasteiger partial charge is 0.234 e. The van der Waals surface area contributed by atoms with Crippen LogP contribution in [0.25, 0.3) is 0 Å². The van der Waals surface area contributed by atoms with E-state index in [2.05, 4.69) is 5.32 Å². The molecule has 7 heteroatoms. The SMILES string of the molecule is CCS(=O)(=O)c1ccc(NC(=O)CSCc2ccc(Cl)cc2)cc1. The Kier molecular flexibility index (Phi) is 6.71. The van der Waals surface area contributed by atoms with Crippen molar-refractivity contribution < 1.29 is 13.2 Å². The number of nitrogens with one attached hydrogen (secondary N) is 1. The molecular formula is C17H18ClNO3S2. The maximum Gasteiger partial charge on any atom is 0.234 e. The number of thioether (sulfide) groups is 1. The van der Waals surface area contributed by atoms with Gasteiger partial charge in [0.25, 0.3) is 0 Å². The fraction of sp³-hybridized carbons (Fsp3) is 0.235. The number of benzene rings is 2. The zero-order valence-electron chi connectivity index (χ0n) is 13.2. The van der Waals surface area contributed by atoms with Crippen molar-refractivity contribution in [1.82, 2.24) is 0 Å². The number of amides is 1. The van der Waals surface area contributed by atoms with Gasteiger partial charge in [-0.05, 0) is 42.0 Å². The molecular weight excluding hydrogens is 366 g/mol. The summed E-state index contributed by atoms with van der Waals surface area (Å²) in [6.45, 7) is 1.60. The van der Waals surface area contributed by atoms with Gasteiger partial charge in [0.1, 0.15) is 0 Å². The van der Waals surface area contributed by atoms with Crippen LogP contribution >= 0.6 is 23.4 Å². The maximum absolute atomic E-state index is 11.9. The second-order valence-electron chi connectivity index (χ2n) is 5.10. The summed E-state index contributed by atoms with van der Waals surface area (Å²) in [4.78, 5) is 12.2. The largest absolute Gasteiger partial charge is 0.325 e. The number of hydrogen-bond donors (Lipinski definition) is 1. The Morgan fingerprint density at radius 1 is 1.08 bits per heavy atom. The predicted molar refractivity (Wildman–Crippen MR) is 100 cm³/mol. The second-order valence-corrected chi connectivity index (χ2v) is 8.80. The van der Waals surface area contributed by atoms with Crippen molar-refractivity contribution in [3.05, 3.63) is 59.1 Å². The Morgan fingerprint density at radius 2 is 1.71 bits per heavy atom. The monoisotopic (exact) mass is 383 g/mol. The highest BCUT2D eigenvalue weighted by atomic mass is 35.5. The van der Waals surface area contributed by atoms with Gasteiger partial charge in [0.15, 0.2) is 9.84 Å². The molecule has 0 aromatic heterocycles. The molecule has 24 heavy (non-hydrogen) atoms. The van der Waals surface area contributed by atoms with E-state index in [4.69, 9.17) is 11.6 Å². The van der Waals surface area contributed by atoms with E-state index in [9.17, 15) is 13.2 Å². The van der Waals surface area contributed by atoms with Crippen LogP contribution < -0.4 is 5.32 Å². The molecule has 0 aliphatic heterocycles. The Labute approximate surface area is 151 Å². The van der Waals surface area contributed by atoms with Gasteiger partial charge in [0, 0.05) is 16.5 Å². The highest BCUT2D eigenvalue weighted by molar-refractivity contribution is 7.99. The highest BCUT2D eigenvalue weighted by Crippen LogP contribution is 2.17. The summed E-state index contributed by atoms with van der Waals surface area (Å²) in [5.41, 5.74) is 1.69. The summed E-state index contributed by atoms with van der Waals surface area (Å²) in [7, 11) is -3.22. The van der Waals surface area contributed by atoms with E-state index in [1.807, 2.05) is 24.3 Å². The third-order valence-corrected chi connectivity index (χ3v) is 6.30. The fourth-order valence-corrected chi connectivity index (χ4v) is 3.75. The van der Waals surface area contributed by atoms with Crippen LogP contribution in [0.15, 0.2) is 53.4 Å². The van der Waals surface area contributed by atoms with E-state index >= 15 is 0 Å². The molecule has 128 valence electrons. The Balaban J connectivity index is 1.83. The van der Waals surface area contributed by atoms with Crippen molar-refractivity contribution in [2.45, 2.75) is 17.6 Å². The number of sulfone groups is 1. The summed E-state index contributed by atoms with van der Waals surface area (Å²) >= 11 is 7.33. The topological polar surface area (TPSA) is 63.2 Å². The molecule has 0 heterocycles. The lowest BCUT2D eigenvalue weighted by Gasteiger charge is -2.07.